The molecule has 2 heterocycles. The zero-order valence-electron chi connectivity index (χ0n) is 18.7. The topological polar surface area (TPSA) is 59.8 Å². The number of carbonyl (C=O) groups excluding carboxylic acids is 1. The number of hydrogen-bond donors (Lipinski definition) is 1. The molecule has 0 saturated heterocycles. The number of rotatable bonds is 5. The summed E-state index contributed by atoms with van der Waals surface area (Å²) in [6.45, 7) is 11.0. The highest BCUT2D eigenvalue weighted by molar-refractivity contribution is 6.13. The predicted octanol–water partition coefficient (Wildman–Crippen LogP) is 6.11. The van der Waals surface area contributed by atoms with E-state index in [1.165, 1.54) is 5.56 Å². The number of nitrogens with zero attached hydrogens (tertiary/aromatic N) is 3. The lowest BCUT2D eigenvalue weighted by atomic mass is 10.0. The Bertz CT molecular complexity index is 1250. The molecule has 2 aromatic carbocycles. The van der Waals surface area contributed by atoms with Crippen LogP contribution in [0.3, 0.4) is 0 Å². The van der Waals surface area contributed by atoms with Gasteiger partial charge in [0.05, 0.1) is 22.3 Å². The number of para-hydroxylation sites is 1. The molecule has 0 spiro atoms. The molecular weight excluding hydrogens is 384 g/mol. The van der Waals surface area contributed by atoms with Gasteiger partial charge in [0.1, 0.15) is 0 Å². The molecule has 0 saturated carbocycles. The van der Waals surface area contributed by atoms with Gasteiger partial charge >= 0.3 is 0 Å². The van der Waals surface area contributed by atoms with Gasteiger partial charge in [-0.05, 0) is 44.4 Å². The van der Waals surface area contributed by atoms with Gasteiger partial charge in [-0.15, -0.1) is 0 Å². The maximum Gasteiger partial charge on any atom is 0.256 e. The molecule has 5 heteroatoms. The number of pyridine rings is 1. The summed E-state index contributed by atoms with van der Waals surface area (Å²) in [5, 5.41) is 8.57. The van der Waals surface area contributed by atoms with E-state index in [-0.39, 0.29) is 5.91 Å². The average Bonchev–Trinajstić information content (AvgIpc) is 3.09. The van der Waals surface area contributed by atoms with Crippen molar-refractivity contribution in [3.63, 3.8) is 0 Å². The van der Waals surface area contributed by atoms with Crippen LogP contribution in [0.15, 0.2) is 54.6 Å². The molecule has 0 unspecified atom stereocenters. The first-order valence-corrected chi connectivity index (χ1v) is 10.7. The van der Waals surface area contributed by atoms with Gasteiger partial charge in [0.15, 0.2) is 5.65 Å². The molecule has 0 radical (unpaired) electrons. The van der Waals surface area contributed by atoms with E-state index in [9.17, 15) is 4.79 Å². The van der Waals surface area contributed by atoms with Crippen molar-refractivity contribution in [2.45, 2.75) is 47.1 Å². The summed E-state index contributed by atoms with van der Waals surface area (Å²) >= 11 is 0. The van der Waals surface area contributed by atoms with E-state index in [1.54, 1.807) is 0 Å². The Morgan fingerprint density at radius 1 is 1.06 bits per heavy atom. The lowest BCUT2D eigenvalue weighted by Gasteiger charge is -2.15. The van der Waals surface area contributed by atoms with Crippen LogP contribution in [-0.4, -0.2) is 20.7 Å². The standard InChI is InChI=1S/C26H28N4O/c1-6-30-25-24(18(5)29-30)21(15-23(27-25)19-13-11-17(4)12-14-19)26(31)28-22-10-8-7-9-20(22)16(2)3/h7-16H,6H2,1-5H3,(H,28,31). The van der Waals surface area contributed by atoms with Crippen LogP contribution in [0.1, 0.15) is 53.9 Å². The molecule has 2 aromatic heterocycles. The van der Waals surface area contributed by atoms with Crippen molar-refractivity contribution < 1.29 is 4.79 Å². The second-order valence-electron chi connectivity index (χ2n) is 8.22. The maximum absolute atomic E-state index is 13.5. The summed E-state index contributed by atoms with van der Waals surface area (Å²) in [5.74, 6) is 0.161. The van der Waals surface area contributed by atoms with Crippen LogP contribution in [-0.2, 0) is 6.54 Å². The van der Waals surface area contributed by atoms with Crippen molar-refractivity contribution in [3.8, 4) is 11.3 Å². The molecule has 0 aliphatic rings. The number of anilines is 1. The van der Waals surface area contributed by atoms with Gasteiger partial charge in [0.2, 0.25) is 0 Å². The Morgan fingerprint density at radius 3 is 2.45 bits per heavy atom. The zero-order valence-corrected chi connectivity index (χ0v) is 18.7. The summed E-state index contributed by atoms with van der Waals surface area (Å²) in [4.78, 5) is 18.4. The molecule has 0 bridgehead atoms. The van der Waals surface area contributed by atoms with Crippen LogP contribution in [0.4, 0.5) is 5.69 Å². The van der Waals surface area contributed by atoms with Crippen molar-refractivity contribution >= 4 is 22.6 Å². The smallest absolute Gasteiger partial charge is 0.256 e. The van der Waals surface area contributed by atoms with Crippen LogP contribution in [0.5, 0.6) is 0 Å². The summed E-state index contributed by atoms with van der Waals surface area (Å²) in [6.07, 6.45) is 0. The quantitative estimate of drug-likeness (QED) is 0.430. The molecular formula is C26H28N4O. The highest BCUT2D eigenvalue weighted by Crippen LogP contribution is 2.29. The molecule has 0 fully saturated rings. The van der Waals surface area contributed by atoms with Gasteiger partial charge in [-0.1, -0.05) is 61.9 Å². The van der Waals surface area contributed by atoms with Crippen molar-refractivity contribution in [2.75, 3.05) is 5.32 Å². The first-order chi connectivity index (χ1) is 14.9. The molecule has 0 aliphatic heterocycles. The van der Waals surface area contributed by atoms with Gasteiger partial charge in [-0.25, -0.2) is 9.67 Å². The minimum atomic E-state index is -0.146. The third-order valence-corrected chi connectivity index (χ3v) is 5.60. The van der Waals surface area contributed by atoms with Crippen molar-refractivity contribution in [1.29, 1.82) is 0 Å². The fraction of sp³-hybridized carbons (Fsp3) is 0.269. The van der Waals surface area contributed by atoms with Crippen LogP contribution < -0.4 is 5.32 Å². The Kier molecular flexibility index (Phi) is 5.59. The van der Waals surface area contributed by atoms with Crippen LogP contribution in [0.2, 0.25) is 0 Å². The van der Waals surface area contributed by atoms with E-state index in [4.69, 9.17) is 4.98 Å². The third-order valence-electron chi connectivity index (χ3n) is 5.60. The number of carbonyl (C=O) groups is 1. The van der Waals surface area contributed by atoms with E-state index >= 15 is 0 Å². The third kappa shape index (κ3) is 3.96. The Labute approximate surface area is 183 Å². The predicted molar refractivity (Wildman–Crippen MR) is 127 cm³/mol. The maximum atomic E-state index is 13.5. The first kappa shape index (κ1) is 20.8. The van der Waals surface area contributed by atoms with Gasteiger partial charge in [-0.2, -0.15) is 5.10 Å². The molecule has 4 aromatic rings. The van der Waals surface area contributed by atoms with E-state index < -0.39 is 0 Å². The molecule has 31 heavy (non-hydrogen) atoms. The van der Waals surface area contributed by atoms with Crippen LogP contribution in [0.25, 0.3) is 22.3 Å². The molecule has 1 N–H and O–H groups in total. The summed E-state index contributed by atoms with van der Waals surface area (Å²) in [7, 11) is 0. The molecule has 5 nitrogen and oxygen atoms in total. The highest BCUT2D eigenvalue weighted by atomic mass is 16.1. The van der Waals surface area contributed by atoms with Gasteiger partial charge in [0, 0.05) is 17.8 Å². The lowest BCUT2D eigenvalue weighted by molar-refractivity contribution is 0.102. The van der Waals surface area contributed by atoms with Crippen molar-refractivity contribution in [2.24, 2.45) is 0 Å². The molecule has 0 atom stereocenters. The number of fused-ring (bicyclic) bond motifs is 1. The van der Waals surface area contributed by atoms with E-state index in [1.807, 2.05) is 54.9 Å². The number of nitrogens with one attached hydrogen (secondary N) is 1. The number of amides is 1. The van der Waals surface area contributed by atoms with E-state index in [0.717, 1.165) is 39.2 Å². The Hall–Kier alpha value is -3.47. The first-order valence-electron chi connectivity index (χ1n) is 10.7. The largest absolute Gasteiger partial charge is 0.322 e. The zero-order chi connectivity index (χ0) is 22.1. The second kappa shape index (κ2) is 8.34. The fourth-order valence-electron chi connectivity index (χ4n) is 3.93. The second-order valence-corrected chi connectivity index (χ2v) is 8.22. The number of hydrogen-bond acceptors (Lipinski definition) is 3. The van der Waals surface area contributed by atoms with Gasteiger partial charge in [0.25, 0.3) is 5.91 Å². The van der Waals surface area contributed by atoms with Crippen LogP contribution >= 0.6 is 0 Å². The van der Waals surface area contributed by atoms with Crippen molar-refractivity contribution in [3.05, 3.63) is 77.0 Å². The monoisotopic (exact) mass is 412 g/mol. The highest BCUT2D eigenvalue weighted by Gasteiger charge is 2.21. The summed E-state index contributed by atoms with van der Waals surface area (Å²) < 4.78 is 1.86. The average molecular weight is 413 g/mol. The van der Waals surface area contributed by atoms with Crippen molar-refractivity contribution in [1.82, 2.24) is 14.8 Å². The lowest BCUT2D eigenvalue weighted by Crippen LogP contribution is -2.15. The number of aryl methyl sites for hydroxylation is 3. The number of aromatic nitrogens is 3. The minimum absolute atomic E-state index is 0.146. The minimum Gasteiger partial charge on any atom is -0.322 e. The van der Waals surface area contributed by atoms with Gasteiger partial charge in [-0.3, -0.25) is 4.79 Å². The summed E-state index contributed by atoms with van der Waals surface area (Å²) in [5.41, 5.74) is 7.02. The number of benzene rings is 2. The SMILES string of the molecule is CCn1nc(C)c2c(C(=O)Nc3ccccc3C(C)C)cc(-c3ccc(C)cc3)nc21. The Balaban J connectivity index is 1.87. The van der Waals surface area contributed by atoms with Gasteiger partial charge < -0.3 is 5.32 Å². The van der Waals surface area contributed by atoms with E-state index in [2.05, 4.69) is 49.4 Å². The van der Waals surface area contributed by atoms with Crippen LogP contribution in [0, 0.1) is 13.8 Å². The fourth-order valence-corrected chi connectivity index (χ4v) is 3.93. The van der Waals surface area contributed by atoms with E-state index in [0.29, 0.717) is 18.0 Å². The summed E-state index contributed by atoms with van der Waals surface area (Å²) in [6, 6.07) is 18.0. The molecule has 158 valence electrons. The molecule has 4 rings (SSSR count). The molecule has 1 amide bonds. The Morgan fingerprint density at radius 2 is 1.77 bits per heavy atom. The normalized spacial score (nSPS) is 11.3. The molecule has 0 aliphatic carbocycles.